The highest BCUT2D eigenvalue weighted by Gasteiger charge is 2.30. The van der Waals surface area contributed by atoms with E-state index in [1.165, 1.54) is 6.42 Å². The first-order chi connectivity index (χ1) is 63.0. The van der Waals surface area contributed by atoms with Crippen LogP contribution in [0.1, 0.15) is 85.5 Å². The number of amides is 4. The van der Waals surface area contributed by atoms with Crippen molar-refractivity contribution in [3.8, 4) is 102 Å². The van der Waals surface area contributed by atoms with Crippen LogP contribution in [0.15, 0.2) is 231 Å². The van der Waals surface area contributed by atoms with Crippen molar-refractivity contribution >= 4 is 145 Å². The summed E-state index contributed by atoms with van der Waals surface area (Å²) in [6.45, 7) is 7.94. The van der Waals surface area contributed by atoms with Gasteiger partial charge in [0.05, 0.1) is 133 Å². The number of hydrogen-bond acceptors (Lipinski definition) is 21. The number of carbonyl (C=O) groups is 4. The lowest BCUT2D eigenvalue weighted by Gasteiger charge is -2.20. The predicted octanol–water partition coefficient (Wildman–Crippen LogP) is 19.6. The highest BCUT2D eigenvalue weighted by Crippen LogP contribution is 2.40. The number of fused-ring (bicyclic) bond motifs is 8. The summed E-state index contributed by atoms with van der Waals surface area (Å²) in [7, 11) is 0. The topological polar surface area (TPSA) is 449 Å². The molecule has 0 radical (unpaired) electrons. The second-order valence-electron chi connectivity index (χ2n) is 33.1. The predicted molar refractivity (Wildman–Crippen MR) is 500 cm³/mol. The maximum absolute atomic E-state index is 12.7. The van der Waals surface area contributed by atoms with E-state index in [-0.39, 0.29) is 40.9 Å². The third kappa shape index (κ3) is 17.6. The van der Waals surface area contributed by atoms with Crippen LogP contribution in [0.3, 0.4) is 0 Å². The third-order valence-electron chi connectivity index (χ3n) is 22.6. The molecule has 33 heteroatoms. The van der Waals surface area contributed by atoms with Gasteiger partial charge in [0.1, 0.15) is 28.3 Å². The van der Waals surface area contributed by atoms with Crippen LogP contribution in [0.5, 0.6) is 0 Å². The smallest absolute Gasteiger partial charge is 0.227 e. The van der Waals surface area contributed by atoms with Crippen molar-refractivity contribution in [1.82, 2.24) is 121 Å². The maximum Gasteiger partial charge on any atom is 0.227 e. The molecule has 4 amide bonds. The second kappa shape index (κ2) is 34.9. The Morgan fingerprint density at radius 3 is 1.09 bits per heavy atom. The van der Waals surface area contributed by atoms with Gasteiger partial charge in [-0.1, -0.05) is 71.2 Å². The minimum Gasteiger partial charge on any atom is -0.335 e. The molecule has 0 atom stereocenters. The number of nitrogens with zero attached hydrogens (tertiary/aromatic N) is 16. The van der Waals surface area contributed by atoms with Crippen LogP contribution >= 0.6 is 11.3 Å². The quantitative estimate of drug-likeness (QED) is 0.0403. The molecule has 12 N–H and O–H groups in total. The normalized spacial score (nSPS) is 12.9. The van der Waals surface area contributed by atoms with Gasteiger partial charge in [0.15, 0.2) is 23.3 Å². The molecule has 2 fully saturated rings. The van der Waals surface area contributed by atoms with Gasteiger partial charge in [-0.2, -0.15) is 31.7 Å². The number of hydrogen-bond donors (Lipinski definition) is 12. The number of nitrogens with one attached hydrogen (secondary N) is 12. The Labute approximate surface area is 737 Å². The first-order valence-corrected chi connectivity index (χ1v) is 43.2. The average Bonchev–Trinajstić information content (AvgIpc) is 1.61. The Morgan fingerprint density at radius 2 is 0.721 bits per heavy atom. The number of aromatic nitrogens is 24. The monoisotopic (exact) mass is 1720 g/mol. The van der Waals surface area contributed by atoms with E-state index in [0.29, 0.717) is 53.2 Å². The van der Waals surface area contributed by atoms with Crippen molar-refractivity contribution in [2.24, 2.45) is 17.3 Å². The van der Waals surface area contributed by atoms with Crippen LogP contribution in [-0.2, 0) is 19.2 Å². The van der Waals surface area contributed by atoms with Crippen LogP contribution in [-0.4, -0.2) is 144 Å². The molecule has 4 aromatic carbocycles. The molecular weight excluding hydrogens is 1640 g/mol. The zero-order valence-electron chi connectivity index (χ0n) is 70.2. The minimum absolute atomic E-state index is 0.0246. The molecule has 32 nitrogen and oxygen atoms in total. The lowest BCUT2D eigenvalue weighted by Crippen LogP contribution is -2.24. The molecule has 23 rings (SSSR count). The van der Waals surface area contributed by atoms with Gasteiger partial charge in [-0.15, -0.1) is 0 Å². The highest BCUT2D eigenvalue weighted by atomic mass is 32.1. The first kappa shape index (κ1) is 80.8. The van der Waals surface area contributed by atoms with E-state index in [0.717, 1.165) is 210 Å². The van der Waals surface area contributed by atoms with E-state index in [1.807, 2.05) is 136 Å². The fraction of sp³-hybridized carbons (Fsp3) is 0.167. The van der Waals surface area contributed by atoms with Gasteiger partial charge < -0.3 is 41.2 Å². The number of thiophene rings is 1. The van der Waals surface area contributed by atoms with Gasteiger partial charge in [0.25, 0.3) is 0 Å². The Bertz CT molecular complexity index is 7690. The highest BCUT2D eigenvalue weighted by molar-refractivity contribution is 7.08. The summed E-state index contributed by atoms with van der Waals surface area (Å²) in [6, 6.07) is 39.7. The van der Waals surface area contributed by atoms with Crippen molar-refractivity contribution in [3.63, 3.8) is 0 Å². The van der Waals surface area contributed by atoms with E-state index < -0.39 is 0 Å². The largest absolute Gasteiger partial charge is 0.335 e. The Hall–Kier alpha value is -16.6. The summed E-state index contributed by atoms with van der Waals surface area (Å²) in [5.41, 5.74) is 25.8. The standard InChI is InChI=1S/C25H19N7OS.C25H23N7O.C24H23N7O.C22H17N7O/c1-2-22(33)28-17-7-16(9-26-10-17)14-3-4-20-18(8-14)24(32-31-20)25-29-21-12-27-11-19(23(21)30-25)15-5-6-34-13-15;33-25(15-4-2-1-3-5-15)28-18-10-17(12-27-13-18)16-6-7-20-19(11-16)23(32-31-20)24-29-21-8-9-26-14-22(21)30-24;1-24(2,3)10-21(32)27-16-8-15(11-26-12-16)14-4-5-18-17(9-14)22(31-30-18)23-28-19-6-7-25-13-20(19)29-23;30-22(12-1-2-12)25-15-7-14(9-24-10-15)13-3-4-17-16(8-13)20(29-28-17)21-26-18-5-6-23-11-19(18)27-21/h3-13H,2H2,1H3,(H,28,33)(H,29,30)(H,31,32);6-15H,1-5H2,(H,28,33)(H,29,30)(H,31,32);4-9,11-13H,10H2,1-3H3,(H,27,32)(H,28,29)(H,30,31);3-12H,1-2H2,(H,25,30)(H,26,27)(H,28,29). The summed E-state index contributed by atoms with van der Waals surface area (Å²) in [4.78, 5) is 115. The van der Waals surface area contributed by atoms with Crippen LogP contribution < -0.4 is 21.3 Å². The number of carbonyl (C=O) groups excluding carboxylic acids is 4. The number of rotatable bonds is 17. The molecule has 2 aliphatic rings. The Morgan fingerprint density at radius 1 is 0.357 bits per heavy atom. The van der Waals surface area contributed by atoms with Gasteiger partial charge >= 0.3 is 0 Å². The fourth-order valence-corrected chi connectivity index (χ4v) is 16.5. The number of imidazole rings is 4. The van der Waals surface area contributed by atoms with Gasteiger partial charge in [-0.05, 0) is 167 Å². The third-order valence-corrected chi connectivity index (χ3v) is 23.2. The van der Waals surface area contributed by atoms with Crippen molar-refractivity contribution in [3.05, 3.63) is 231 Å². The Balaban J connectivity index is 0.000000108. The molecule has 0 saturated heterocycles. The molecular formula is C96H82N28O4S. The number of anilines is 4. The summed E-state index contributed by atoms with van der Waals surface area (Å²) < 4.78 is 0. The zero-order chi connectivity index (χ0) is 87.6. The zero-order valence-corrected chi connectivity index (χ0v) is 71.0. The first-order valence-electron chi connectivity index (χ1n) is 42.3. The number of aromatic amines is 8. The van der Waals surface area contributed by atoms with E-state index in [1.54, 1.807) is 98.1 Å². The molecule has 0 unspecified atom stereocenters. The van der Waals surface area contributed by atoms with E-state index in [2.05, 4.69) is 173 Å². The van der Waals surface area contributed by atoms with E-state index in [4.69, 9.17) is 4.98 Å². The maximum atomic E-state index is 12.7. The summed E-state index contributed by atoms with van der Waals surface area (Å²) in [5, 5.41) is 50.1. The molecule has 0 bridgehead atoms. The second-order valence-corrected chi connectivity index (χ2v) is 33.8. The number of benzene rings is 4. The van der Waals surface area contributed by atoms with Gasteiger partial charge in [0.2, 0.25) is 23.6 Å². The molecule has 636 valence electrons. The van der Waals surface area contributed by atoms with Crippen molar-refractivity contribution < 1.29 is 19.2 Å². The lowest BCUT2D eigenvalue weighted by molar-refractivity contribution is -0.121. The number of pyridine rings is 8. The molecule has 17 aromatic heterocycles. The molecule has 129 heavy (non-hydrogen) atoms. The van der Waals surface area contributed by atoms with Gasteiger partial charge in [-0.3, -0.25) is 79.4 Å². The lowest BCUT2D eigenvalue weighted by atomic mass is 9.88. The molecule has 2 aliphatic carbocycles. The molecule has 0 aliphatic heterocycles. The SMILES string of the molecule is CC(C)(C)CC(=O)Nc1cncc(-c2ccc3[nH]nc(-c4nc5ccncc5[nH]4)c3c2)c1.CCC(=O)Nc1cncc(-c2ccc3[nH]nc(-c4nc5c(-c6ccsc6)cncc5[nH]4)c3c2)c1.O=C(Nc1cncc(-c2ccc3[nH]nc(-c4nc5ccncc5[nH]4)c3c2)c1)C1CC1.O=C(Nc1cncc(-c2ccc3[nH]nc(-c4nc5ccncc5[nH]4)c3c2)c1)C1CCCCC1. The van der Waals surface area contributed by atoms with Gasteiger partial charge in [-0.25, -0.2) is 19.9 Å². The van der Waals surface area contributed by atoms with E-state index >= 15 is 0 Å². The summed E-state index contributed by atoms with van der Waals surface area (Å²) in [6.07, 6.45) is 36.1. The van der Waals surface area contributed by atoms with Gasteiger partial charge in [0, 0.05) is 124 Å². The van der Waals surface area contributed by atoms with E-state index in [9.17, 15) is 19.2 Å². The summed E-state index contributed by atoms with van der Waals surface area (Å²) in [5.74, 6) is 3.07. The molecule has 21 aromatic rings. The van der Waals surface area contributed by atoms with Crippen LogP contribution in [0, 0.1) is 17.3 Å². The molecule has 17 heterocycles. The minimum atomic E-state index is -0.0788. The molecule has 0 spiro atoms. The van der Waals surface area contributed by atoms with Crippen LogP contribution in [0.4, 0.5) is 22.7 Å². The summed E-state index contributed by atoms with van der Waals surface area (Å²) >= 11 is 1.64. The van der Waals surface area contributed by atoms with Crippen molar-refractivity contribution in [2.75, 3.05) is 21.3 Å². The van der Waals surface area contributed by atoms with Crippen LogP contribution in [0.25, 0.3) is 189 Å². The van der Waals surface area contributed by atoms with Crippen LogP contribution in [0.2, 0.25) is 0 Å². The molecule has 2 saturated carbocycles. The van der Waals surface area contributed by atoms with Crippen molar-refractivity contribution in [1.29, 1.82) is 0 Å². The average molecular weight is 1720 g/mol. The number of H-pyrrole nitrogens is 8. The fourth-order valence-electron chi connectivity index (χ4n) is 15.9. The van der Waals surface area contributed by atoms with Crippen molar-refractivity contribution in [2.45, 2.75) is 85.5 Å². The Kier molecular flexibility index (Phi) is 21.8.